The highest BCUT2D eigenvalue weighted by Crippen LogP contribution is 2.15. The number of nitrogens with zero attached hydrogens (tertiary/aromatic N) is 2. The highest BCUT2D eigenvalue weighted by atomic mass is 32.1. The maximum absolute atomic E-state index is 11.5. The number of aliphatic hydroxyl groups is 1. The SMILES string of the molecule is Cn1cc(NC(=O)NCC(O)c2ccsc2)cn1. The van der Waals surface area contributed by atoms with Crippen LogP contribution in [0, 0.1) is 0 Å². The Kier molecular flexibility index (Phi) is 3.96. The summed E-state index contributed by atoms with van der Waals surface area (Å²) in [5.74, 6) is 0. The molecular formula is C11H14N4O2S. The summed E-state index contributed by atoms with van der Waals surface area (Å²) in [7, 11) is 1.77. The summed E-state index contributed by atoms with van der Waals surface area (Å²) < 4.78 is 1.59. The van der Waals surface area contributed by atoms with E-state index < -0.39 is 6.10 Å². The Balaban J connectivity index is 1.78. The van der Waals surface area contributed by atoms with E-state index in [-0.39, 0.29) is 12.6 Å². The molecule has 0 fully saturated rings. The molecule has 0 aliphatic rings. The van der Waals surface area contributed by atoms with E-state index >= 15 is 0 Å². The highest BCUT2D eigenvalue weighted by molar-refractivity contribution is 7.07. The van der Waals surface area contributed by atoms with Crippen molar-refractivity contribution < 1.29 is 9.90 Å². The van der Waals surface area contributed by atoms with E-state index in [9.17, 15) is 9.90 Å². The van der Waals surface area contributed by atoms with Crippen molar-refractivity contribution in [2.75, 3.05) is 11.9 Å². The van der Waals surface area contributed by atoms with Crippen LogP contribution in [-0.2, 0) is 7.05 Å². The number of hydrogen-bond acceptors (Lipinski definition) is 4. The molecule has 2 rings (SSSR count). The fourth-order valence-electron chi connectivity index (χ4n) is 1.43. The number of urea groups is 1. The predicted molar refractivity (Wildman–Crippen MR) is 69.5 cm³/mol. The zero-order chi connectivity index (χ0) is 13.0. The molecule has 2 amide bonds. The van der Waals surface area contributed by atoms with Gasteiger partial charge in [0.15, 0.2) is 0 Å². The summed E-state index contributed by atoms with van der Waals surface area (Å²) in [6.07, 6.45) is 2.56. The molecule has 2 aromatic heterocycles. The molecule has 0 aromatic carbocycles. The van der Waals surface area contributed by atoms with Crippen LogP contribution < -0.4 is 10.6 Å². The summed E-state index contributed by atoms with van der Waals surface area (Å²) in [6.45, 7) is 0.169. The molecular weight excluding hydrogens is 252 g/mol. The van der Waals surface area contributed by atoms with Crippen molar-refractivity contribution in [1.29, 1.82) is 0 Å². The van der Waals surface area contributed by atoms with Crippen molar-refractivity contribution in [3.8, 4) is 0 Å². The lowest BCUT2D eigenvalue weighted by molar-refractivity contribution is 0.175. The van der Waals surface area contributed by atoms with Crippen LogP contribution in [0.5, 0.6) is 0 Å². The number of aromatic nitrogens is 2. The number of carbonyl (C=O) groups is 1. The molecule has 0 saturated heterocycles. The zero-order valence-corrected chi connectivity index (χ0v) is 10.6. The van der Waals surface area contributed by atoms with Gasteiger partial charge in [-0.05, 0) is 22.4 Å². The van der Waals surface area contributed by atoms with Gasteiger partial charge in [0.05, 0.1) is 18.0 Å². The van der Waals surface area contributed by atoms with E-state index in [4.69, 9.17) is 0 Å². The average molecular weight is 266 g/mol. The largest absolute Gasteiger partial charge is 0.387 e. The molecule has 0 spiro atoms. The van der Waals surface area contributed by atoms with Crippen LogP contribution in [-0.4, -0.2) is 27.5 Å². The van der Waals surface area contributed by atoms with Crippen LogP contribution >= 0.6 is 11.3 Å². The number of rotatable bonds is 4. The number of aryl methyl sites for hydroxylation is 1. The van der Waals surface area contributed by atoms with E-state index in [2.05, 4.69) is 15.7 Å². The Labute approximate surface area is 108 Å². The zero-order valence-electron chi connectivity index (χ0n) is 9.83. The first kappa shape index (κ1) is 12.6. The lowest BCUT2D eigenvalue weighted by atomic mass is 10.2. The Morgan fingerprint density at radius 2 is 2.50 bits per heavy atom. The first-order valence-electron chi connectivity index (χ1n) is 5.39. The summed E-state index contributed by atoms with van der Waals surface area (Å²) in [5.41, 5.74) is 1.42. The van der Waals surface area contributed by atoms with E-state index in [0.29, 0.717) is 5.69 Å². The van der Waals surface area contributed by atoms with Gasteiger partial charge in [-0.25, -0.2) is 4.79 Å². The average Bonchev–Trinajstić information content (AvgIpc) is 2.97. The number of anilines is 1. The molecule has 7 heteroatoms. The summed E-state index contributed by atoms with van der Waals surface area (Å²) in [6, 6.07) is 1.47. The lowest BCUT2D eigenvalue weighted by Crippen LogP contribution is -2.32. The van der Waals surface area contributed by atoms with Gasteiger partial charge < -0.3 is 15.7 Å². The van der Waals surface area contributed by atoms with Gasteiger partial charge in [0, 0.05) is 19.8 Å². The molecule has 18 heavy (non-hydrogen) atoms. The van der Waals surface area contributed by atoms with E-state index in [0.717, 1.165) is 5.56 Å². The molecule has 1 unspecified atom stereocenters. The molecule has 6 nitrogen and oxygen atoms in total. The molecule has 1 atom stereocenters. The molecule has 0 aliphatic heterocycles. The van der Waals surface area contributed by atoms with Crippen molar-refractivity contribution in [2.24, 2.45) is 7.05 Å². The number of hydrogen-bond donors (Lipinski definition) is 3. The third kappa shape index (κ3) is 3.31. The van der Waals surface area contributed by atoms with Gasteiger partial charge in [-0.1, -0.05) is 0 Å². The van der Waals surface area contributed by atoms with Crippen LogP contribution in [0.25, 0.3) is 0 Å². The third-order valence-corrected chi connectivity index (χ3v) is 3.05. The predicted octanol–water partition coefficient (Wildman–Crippen LogP) is 1.34. The Bertz CT molecular complexity index is 509. The molecule has 96 valence electrons. The van der Waals surface area contributed by atoms with Crippen molar-refractivity contribution in [3.63, 3.8) is 0 Å². The number of carbonyl (C=O) groups excluding carboxylic acids is 1. The fourth-order valence-corrected chi connectivity index (χ4v) is 2.14. The minimum absolute atomic E-state index is 0.169. The summed E-state index contributed by atoms with van der Waals surface area (Å²) >= 11 is 1.51. The molecule has 0 radical (unpaired) electrons. The van der Waals surface area contributed by atoms with Gasteiger partial charge in [0.1, 0.15) is 0 Å². The molecule has 0 aliphatic carbocycles. The first-order valence-corrected chi connectivity index (χ1v) is 6.33. The first-order chi connectivity index (χ1) is 8.65. The fraction of sp³-hybridized carbons (Fsp3) is 0.273. The Morgan fingerprint density at radius 1 is 1.67 bits per heavy atom. The van der Waals surface area contributed by atoms with Gasteiger partial charge in [-0.2, -0.15) is 16.4 Å². The smallest absolute Gasteiger partial charge is 0.319 e. The summed E-state index contributed by atoms with van der Waals surface area (Å²) in [5, 5.41) is 22.7. The Morgan fingerprint density at radius 3 is 3.11 bits per heavy atom. The van der Waals surface area contributed by atoms with Crippen molar-refractivity contribution >= 4 is 23.1 Å². The lowest BCUT2D eigenvalue weighted by Gasteiger charge is -2.10. The van der Waals surface area contributed by atoms with Gasteiger partial charge in [0.2, 0.25) is 0 Å². The summed E-state index contributed by atoms with van der Waals surface area (Å²) in [4.78, 5) is 11.5. The molecule has 2 aromatic rings. The minimum Gasteiger partial charge on any atom is -0.387 e. The van der Waals surface area contributed by atoms with Crippen LogP contribution in [0.15, 0.2) is 29.2 Å². The van der Waals surface area contributed by atoms with E-state index in [1.807, 2.05) is 16.8 Å². The van der Waals surface area contributed by atoms with Crippen molar-refractivity contribution in [1.82, 2.24) is 15.1 Å². The normalized spacial score (nSPS) is 12.1. The second-order valence-electron chi connectivity index (χ2n) is 3.81. The molecule has 3 N–H and O–H groups in total. The third-order valence-electron chi connectivity index (χ3n) is 2.35. The van der Waals surface area contributed by atoms with Crippen LogP contribution in [0.4, 0.5) is 10.5 Å². The molecule has 0 saturated carbocycles. The van der Waals surface area contributed by atoms with Gasteiger partial charge in [-0.15, -0.1) is 0 Å². The second kappa shape index (κ2) is 5.65. The van der Waals surface area contributed by atoms with Gasteiger partial charge in [0.25, 0.3) is 0 Å². The maximum atomic E-state index is 11.5. The van der Waals surface area contributed by atoms with Gasteiger partial charge >= 0.3 is 6.03 Å². The van der Waals surface area contributed by atoms with E-state index in [1.54, 1.807) is 24.1 Å². The quantitative estimate of drug-likeness (QED) is 0.781. The number of nitrogens with one attached hydrogen (secondary N) is 2. The van der Waals surface area contributed by atoms with Gasteiger partial charge in [-0.3, -0.25) is 4.68 Å². The second-order valence-corrected chi connectivity index (χ2v) is 4.59. The van der Waals surface area contributed by atoms with E-state index in [1.165, 1.54) is 11.3 Å². The van der Waals surface area contributed by atoms with Crippen LogP contribution in [0.3, 0.4) is 0 Å². The topological polar surface area (TPSA) is 79.2 Å². The molecule has 2 heterocycles. The number of amides is 2. The number of thiophene rings is 1. The standard InChI is InChI=1S/C11H14N4O2S/c1-15-6-9(4-13-15)14-11(17)12-5-10(16)8-2-3-18-7-8/h2-4,6-7,10,16H,5H2,1H3,(H2,12,14,17). The monoisotopic (exact) mass is 266 g/mol. The number of aliphatic hydroxyl groups excluding tert-OH is 1. The maximum Gasteiger partial charge on any atom is 0.319 e. The van der Waals surface area contributed by atoms with Crippen LogP contribution in [0.2, 0.25) is 0 Å². The minimum atomic E-state index is -0.684. The van der Waals surface area contributed by atoms with Crippen molar-refractivity contribution in [3.05, 3.63) is 34.8 Å². The van der Waals surface area contributed by atoms with Crippen LogP contribution in [0.1, 0.15) is 11.7 Å². The van der Waals surface area contributed by atoms with Crippen molar-refractivity contribution in [2.45, 2.75) is 6.10 Å². The Hall–Kier alpha value is -1.86. The molecule has 0 bridgehead atoms. The highest BCUT2D eigenvalue weighted by Gasteiger charge is 2.10.